The SMILES string of the molecule is Cc1cc(C)cc(-c2ccc(N(C)CCN(C)C)c(/C=C/C(=O)c3cccc(NCCN(C)C)c3)c2)c1. The molecule has 0 amide bonds. The lowest BCUT2D eigenvalue weighted by Crippen LogP contribution is -2.28. The fourth-order valence-corrected chi connectivity index (χ4v) is 4.29. The van der Waals surface area contributed by atoms with Crippen LogP contribution in [0.25, 0.3) is 17.2 Å². The number of ketones is 1. The fraction of sp³-hybridized carbons (Fsp3) is 0.344. The molecular weight excluding hydrogens is 456 g/mol. The van der Waals surface area contributed by atoms with Gasteiger partial charge in [0.1, 0.15) is 0 Å². The topological polar surface area (TPSA) is 38.8 Å². The highest BCUT2D eigenvalue weighted by molar-refractivity contribution is 6.07. The number of carbonyl (C=O) groups is 1. The molecule has 37 heavy (non-hydrogen) atoms. The van der Waals surface area contributed by atoms with Gasteiger partial charge in [-0.05, 0) is 95.1 Å². The zero-order valence-corrected chi connectivity index (χ0v) is 23.5. The minimum Gasteiger partial charge on any atom is -0.384 e. The summed E-state index contributed by atoms with van der Waals surface area (Å²) in [5.41, 5.74) is 8.61. The van der Waals surface area contributed by atoms with Crippen LogP contribution in [0.15, 0.2) is 66.7 Å². The molecule has 0 atom stereocenters. The highest BCUT2D eigenvalue weighted by atomic mass is 16.1. The van der Waals surface area contributed by atoms with Crippen molar-refractivity contribution in [1.82, 2.24) is 9.80 Å². The van der Waals surface area contributed by atoms with E-state index in [1.807, 2.05) is 44.4 Å². The summed E-state index contributed by atoms with van der Waals surface area (Å²) in [6.45, 7) is 7.86. The Morgan fingerprint density at radius 3 is 2.16 bits per heavy atom. The Kier molecular flexibility index (Phi) is 10.1. The van der Waals surface area contributed by atoms with E-state index in [-0.39, 0.29) is 5.78 Å². The Morgan fingerprint density at radius 2 is 1.49 bits per heavy atom. The van der Waals surface area contributed by atoms with Crippen molar-refractivity contribution in [3.05, 3.63) is 89.0 Å². The second-order valence-electron chi connectivity index (χ2n) is 10.4. The Bertz CT molecular complexity index is 1210. The Hall–Kier alpha value is -3.41. The molecule has 0 aromatic heterocycles. The maximum Gasteiger partial charge on any atom is 0.185 e. The van der Waals surface area contributed by atoms with Gasteiger partial charge in [-0.1, -0.05) is 47.5 Å². The number of nitrogens with zero attached hydrogens (tertiary/aromatic N) is 3. The summed E-state index contributed by atoms with van der Waals surface area (Å²) in [4.78, 5) is 19.7. The van der Waals surface area contributed by atoms with E-state index in [0.29, 0.717) is 5.56 Å². The lowest BCUT2D eigenvalue weighted by Gasteiger charge is -2.24. The zero-order valence-electron chi connectivity index (χ0n) is 23.5. The summed E-state index contributed by atoms with van der Waals surface area (Å²) in [6, 6.07) is 20.9. The summed E-state index contributed by atoms with van der Waals surface area (Å²) in [5, 5.41) is 3.40. The molecule has 0 aliphatic rings. The standard InChI is InChI=1S/C32H42N4O/c1-24-19-25(2)21-29(20-24)26-11-13-31(36(7)18-17-35(5)6)27(22-26)12-14-32(37)28-9-8-10-30(23-28)33-15-16-34(3)4/h8-14,19-23,33H,15-18H2,1-7H3/b14-12+. The third kappa shape index (κ3) is 8.59. The number of hydrogen-bond donors (Lipinski definition) is 1. The predicted molar refractivity (Wildman–Crippen MR) is 160 cm³/mol. The van der Waals surface area contributed by atoms with Gasteiger partial charge in [-0.15, -0.1) is 0 Å². The molecule has 0 heterocycles. The molecule has 0 unspecified atom stereocenters. The average molecular weight is 499 g/mol. The van der Waals surface area contributed by atoms with E-state index in [0.717, 1.165) is 48.7 Å². The number of allylic oxidation sites excluding steroid dienone is 1. The number of anilines is 2. The largest absolute Gasteiger partial charge is 0.384 e. The van der Waals surface area contributed by atoms with E-state index in [1.54, 1.807) is 6.08 Å². The molecule has 3 aromatic carbocycles. The Labute approximate surface area is 223 Å². The fourth-order valence-electron chi connectivity index (χ4n) is 4.29. The van der Waals surface area contributed by atoms with Gasteiger partial charge in [-0.25, -0.2) is 0 Å². The van der Waals surface area contributed by atoms with Gasteiger partial charge >= 0.3 is 0 Å². The van der Waals surface area contributed by atoms with E-state index in [9.17, 15) is 4.79 Å². The molecule has 0 aliphatic heterocycles. The molecule has 3 rings (SSSR count). The van der Waals surface area contributed by atoms with Crippen molar-refractivity contribution in [2.75, 3.05) is 71.6 Å². The second kappa shape index (κ2) is 13.2. The van der Waals surface area contributed by atoms with Crippen molar-refractivity contribution in [1.29, 1.82) is 0 Å². The molecule has 196 valence electrons. The van der Waals surface area contributed by atoms with Gasteiger partial charge in [-0.3, -0.25) is 4.79 Å². The highest BCUT2D eigenvalue weighted by Crippen LogP contribution is 2.29. The number of nitrogens with one attached hydrogen (secondary N) is 1. The molecule has 0 radical (unpaired) electrons. The van der Waals surface area contributed by atoms with Crippen molar-refractivity contribution in [2.45, 2.75) is 13.8 Å². The van der Waals surface area contributed by atoms with E-state index in [4.69, 9.17) is 0 Å². The van der Waals surface area contributed by atoms with Crippen LogP contribution in [0.5, 0.6) is 0 Å². The first kappa shape index (κ1) is 28.2. The lowest BCUT2D eigenvalue weighted by atomic mass is 9.97. The molecule has 3 aromatic rings. The molecule has 0 aliphatic carbocycles. The number of carbonyl (C=O) groups excluding carboxylic acids is 1. The average Bonchev–Trinajstić information content (AvgIpc) is 2.85. The molecule has 5 heteroatoms. The van der Waals surface area contributed by atoms with Crippen molar-refractivity contribution in [3.63, 3.8) is 0 Å². The minimum absolute atomic E-state index is 0.00467. The van der Waals surface area contributed by atoms with Crippen LogP contribution in [-0.4, -0.2) is 77.0 Å². The highest BCUT2D eigenvalue weighted by Gasteiger charge is 2.11. The normalized spacial score (nSPS) is 11.5. The molecule has 5 nitrogen and oxygen atoms in total. The summed E-state index contributed by atoms with van der Waals surface area (Å²) < 4.78 is 0. The minimum atomic E-state index is -0.00467. The second-order valence-corrected chi connectivity index (χ2v) is 10.4. The maximum atomic E-state index is 13.1. The summed E-state index contributed by atoms with van der Waals surface area (Å²) in [5.74, 6) is -0.00467. The lowest BCUT2D eigenvalue weighted by molar-refractivity contribution is 0.104. The van der Waals surface area contributed by atoms with Crippen LogP contribution in [0.3, 0.4) is 0 Å². The van der Waals surface area contributed by atoms with Gasteiger partial charge in [0.15, 0.2) is 5.78 Å². The third-order valence-corrected chi connectivity index (χ3v) is 6.33. The first-order valence-corrected chi connectivity index (χ1v) is 12.9. The van der Waals surface area contributed by atoms with Crippen LogP contribution in [0.2, 0.25) is 0 Å². The predicted octanol–water partition coefficient (Wildman–Crippen LogP) is 5.84. The Morgan fingerprint density at radius 1 is 0.784 bits per heavy atom. The van der Waals surface area contributed by atoms with Gasteiger partial charge in [0.05, 0.1) is 0 Å². The molecule has 0 spiro atoms. The first-order valence-electron chi connectivity index (χ1n) is 12.9. The molecule has 1 N–H and O–H groups in total. The smallest absolute Gasteiger partial charge is 0.185 e. The first-order chi connectivity index (χ1) is 17.6. The summed E-state index contributed by atoms with van der Waals surface area (Å²) in [7, 11) is 10.4. The van der Waals surface area contributed by atoms with E-state index >= 15 is 0 Å². The van der Waals surface area contributed by atoms with E-state index in [1.165, 1.54) is 16.7 Å². The molecule has 0 saturated heterocycles. The quantitative estimate of drug-likeness (QED) is 0.251. The van der Waals surface area contributed by atoms with E-state index in [2.05, 4.69) is 91.4 Å². The monoisotopic (exact) mass is 498 g/mol. The van der Waals surface area contributed by atoms with Gasteiger partial charge in [0, 0.05) is 50.2 Å². The van der Waals surface area contributed by atoms with Crippen molar-refractivity contribution in [2.24, 2.45) is 0 Å². The maximum absolute atomic E-state index is 13.1. The number of rotatable bonds is 12. The molecule has 0 bridgehead atoms. The summed E-state index contributed by atoms with van der Waals surface area (Å²) in [6.07, 6.45) is 3.66. The van der Waals surface area contributed by atoms with Crippen molar-refractivity contribution >= 4 is 23.2 Å². The van der Waals surface area contributed by atoms with Crippen LogP contribution < -0.4 is 10.2 Å². The number of likely N-dealkylation sites (N-methyl/N-ethyl adjacent to an activating group) is 3. The van der Waals surface area contributed by atoms with Crippen LogP contribution in [0.1, 0.15) is 27.0 Å². The van der Waals surface area contributed by atoms with Crippen LogP contribution in [-0.2, 0) is 0 Å². The molecular formula is C32H42N4O. The van der Waals surface area contributed by atoms with Gasteiger partial charge in [-0.2, -0.15) is 0 Å². The summed E-state index contributed by atoms with van der Waals surface area (Å²) >= 11 is 0. The number of aryl methyl sites for hydroxylation is 2. The van der Waals surface area contributed by atoms with Crippen LogP contribution in [0, 0.1) is 13.8 Å². The van der Waals surface area contributed by atoms with Crippen molar-refractivity contribution < 1.29 is 4.79 Å². The van der Waals surface area contributed by atoms with Gasteiger partial charge in [0.25, 0.3) is 0 Å². The number of hydrogen-bond acceptors (Lipinski definition) is 5. The Balaban J connectivity index is 1.90. The van der Waals surface area contributed by atoms with Gasteiger partial charge in [0.2, 0.25) is 0 Å². The zero-order chi connectivity index (χ0) is 26.9. The molecule has 0 saturated carbocycles. The number of benzene rings is 3. The van der Waals surface area contributed by atoms with E-state index < -0.39 is 0 Å². The van der Waals surface area contributed by atoms with Crippen LogP contribution in [0.4, 0.5) is 11.4 Å². The van der Waals surface area contributed by atoms with Gasteiger partial charge < -0.3 is 20.0 Å². The van der Waals surface area contributed by atoms with Crippen LogP contribution >= 0.6 is 0 Å². The molecule has 0 fully saturated rings. The third-order valence-electron chi connectivity index (χ3n) is 6.33. The van der Waals surface area contributed by atoms with Crippen molar-refractivity contribution in [3.8, 4) is 11.1 Å².